The Morgan fingerprint density at radius 1 is 1.37 bits per heavy atom. The number of nitrogens with zero attached hydrogens (tertiary/aromatic N) is 1. The number of rotatable bonds is 5. The number of hydrogen-bond acceptors (Lipinski definition) is 3. The number of carboxylic acid groups (broad SMARTS) is 1. The summed E-state index contributed by atoms with van der Waals surface area (Å²) in [6.07, 6.45) is 2.78. The number of aliphatic carboxylic acids is 1. The predicted molar refractivity (Wildman–Crippen MR) is 68.9 cm³/mol. The molecule has 0 spiro atoms. The highest BCUT2D eigenvalue weighted by atomic mass is 16.5. The summed E-state index contributed by atoms with van der Waals surface area (Å²) in [5.41, 5.74) is 0. The van der Waals surface area contributed by atoms with Crippen molar-refractivity contribution in [3.8, 4) is 0 Å². The van der Waals surface area contributed by atoms with Crippen LogP contribution in [0.25, 0.3) is 0 Å². The molecule has 2 atom stereocenters. The maximum absolute atomic E-state index is 11.9. The summed E-state index contributed by atoms with van der Waals surface area (Å²) in [5, 5.41) is 11.5. The summed E-state index contributed by atoms with van der Waals surface area (Å²) in [7, 11) is 0. The number of carboxylic acids is 1. The Hall–Kier alpha value is -1.30. The van der Waals surface area contributed by atoms with Crippen LogP contribution in [-0.4, -0.2) is 53.8 Å². The summed E-state index contributed by atoms with van der Waals surface area (Å²) in [6.45, 7) is 3.76. The molecule has 1 heterocycles. The van der Waals surface area contributed by atoms with Crippen LogP contribution in [0.4, 0.5) is 4.79 Å². The Labute approximate surface area is 113 Å². The zero-order valence-electron chi connectivity index (χ0n) is 11.3. The molecular formula is C13H22N2O4. The molecule has 2 rings (SSSR count). The SMILES string of the molecule is CC1CC1NC(=O)N1CCC(OCCC(=O)O)CC1. The third-order valence-electron chi connectivity index (χ3n) is 3.82. The van der Waals surface area contributed by atoms with E-state index in [-0.39, 0.29) is 25.2 Å². The van der Waals surface area contributed by atoms with Gasteiger partial charge in [-0.25, -0.2) is 4.79 Å². The van der Waals surface area contributed by atoms with E-state index in [2.05, 4.69) is 12.2 Å². The summed E-state index contributed by atoms with van der Waals surface area (Å²) in [4.78, 5) is 24.1. The summed E-state index contributed by atoms with van der Waals surface area (Å²) in [6, 6.07) is 0.385. The average Bonchev–Trinajstić information content (AvgIpc) is 3.05. The van der Waals surface area contributed by atoms with Gasteiger partial charge in [-0.15, -0.1) is 0 Å². The molecule has 108 valence electrons. The van der Waals surface area contributed by atoms with Gasteiger partial charge in [0.05, 0.1) is 19.1 Å². The van der Waals surface area contributed by atoms with Crippen molar-refractivity contribution < 1.29 is 19.4 Å². The molecule has 1 saturated carbocycles. The molecule has 2 N–H and O–H groups in total. The van der Waals surface area contributed by atoms with E-state index in [0.717, 1.165) is 19.3 Å². The van der Waals surface area contributed by atoms with Crippen LogP contribution < -0.4 is 5.32 Å². The van der Waals surface area contributed by atoms with Crippen molar-refractivity contribution in [1.29, 1.82) is 0 Å². The average molecular weight is 270 g/mol. The lowest BCUT2D eigenvalue weighted by Gasteiger charge is -2.32. The molecule has 0 aromatic heterocycles. The molecule has 2 fully saturated rings. The molecule has 1 saturated heterocycles. The van der Waals surface area contributed by atoms with Crippen molar-refractivity contribution in [2.24, 2.45) is 5.92 Å². The first-order chi connectivity index (χ1) is 9.06. The number of carbonyl (C=O) groups is 2. The van der Waals surface area contributed by atoms with E-state index in [1.807, 2.05) is 4.90 Å². The maximum atomic E-state index is 11.9. The van der Waals surface area contributed by atoms with Gasteiger partial charge in [0.15, 0.2) is 0 Å². The first-order valence-corrected chi connectivity index (χ1v) is 6.95. The second-order valence-electron chi connectivity index (χ2n) is 5.47. The van der Waals surface area contributed by atoms with Gasteiger partial charge in [0.1, 0.15) is 0 Å². The van der Waals surface area contributed by atoms with Gasteiger partial charge in [0.25, 0.3) is 0 Å². The van der Waals surface area contributed by atoms with Gasteiger partial charge in [-0.1, -0.05) is 6.92 Å². The molecule has 0 bridgehead atoms. The van der Waals surface area contributed by atoms with Crippen molar-refractivity contribution in [1.82, 2.24) is 10.2 Å². The molecule has 0 aromatic rings. The number of urea groups is 1. The van der Waals surface area contributed by atoms with Crippen LogP contribution in [0.3, 0.4) is 0 Å². The van der Waals surface area contributed by atoms with Crippen LogP contribution in [0.15, 0.2) is 0 Å². The van der Waals surface area contributed by atoms with E-state index in [9.17, 15) is 9.59 Å². The molecule has 0 aromatic carbocycles. The van der Waals surface area contributed by atoms with Crippen LogP contribution in [0.2, 0.25) is 0 Å². The van der Waals surface area contributed by atoms with E-state index in [1.165, 1.54) is 0 Å². The number of ether oxygens (including phenoxy) is 1. The Morgan fingerprint density at radius 2 is 2.00 bits per heavy atom. The minimum Gasteiger partial charge on any atom is -0.481 e. The standard InChI is InChI=1S/C13H22N2O4/c1-9-8-11(9)14-13(18)15-5-2-10(3-6-15)19-7-4-12(16)17/h9-11H,2-8H2,1H3,(H,14,18)(H,16,17). The van der Waals surface area contributed by atoms with Gasteiger partial charge in [-0.2, -0.15) is 0 Å². The zero-order chi connectivity index (χ0) is 13.8. The Kier molecular flexibility index (Phi) is 4.63. The lowest BCUT2D eigenvalue weighted by atomic mass is 10.1. The molecule has 6 heteroatoms. The van der Waals surface area contributed by atoms with Gasteiger partial charge < -0.3 is 20.1 Å². The third-order valence-corrected chi connectivity index (χ3v) is 3.82. The smallest absolute Gasteiger partial charge is 0.317 e. The molecule has 2 amide bonds. The van der Waals surface area contributed by atoms with Crippen molar-refractivity contribution in [3.63, 3.8) is 0 Å². The molecule has 1 aliphatic carbocycles. The van der Waals surface area contributed by atoms with Gasteiger partial charge in [-0.3, -0.25) is 4.79 Å². The minimum absolute atomic E-state index is 0.0262. The lowest BCUT2D eigenvalue weighted by Crippen LogP contribution is -2.46. The maximum Gasteiger partial charge on any atom is 0.317 e. The summed E-state index contributed by atoms with van der Waals surface area (Å²) < 4.78 is 5.49. The molecule has 19 heavy (non-hydrogen) atoms. The lowest BCUT2D eigenvalue weighted by molar-refractivity contribution is -0.138. The predicted octanol–water partition coefficient (Wildman–Crippen LogP) is 1.06. The molecule has 2 aliphatic rings. The Morgan fingerprint density at radius 3 is 2.53 bits per heavy atom. The minimum atomic E-state index is -0.838. The summed E-state index contributed by atoms with van der Waals surface area (Å²) >= 11 is 0. The van der Waals surface area contributed by atoms with Crippen LogP contribution in [-0.2, 0) is 9.53 Å². The highest BCUT2D eigenvalue weighted by molar-refractivity contribution is 5.75. The molecule has 1 aliphatic heterocycles. The van der Waals surface area contributed by atoms with Crippen molar-refractivity contribution in [2.45, 2.75) is 44.8 Å². The number of likely N-dealkylation sites (tertiary alicyclic amines) is 1. The van der Waals surface area contributed by atoms with E-state index >= 15 is 0 Å². The van der Waals surface area contributed by atoms with Crippen LogP contribution in [0.1, 0.15) is 32.6 Å². The second-order valence-corrected chi connectivity index (χ2v) is 5.47. The van der Waals surface area contributed by atoms with Crippen LogP contribution in [0.5, 0.6) is 0 Å². The van der Waals surface area contributed by atoms with Gasteiger partial charge in [0.2, 0.25) is 0 Å². The highest BCUT2D eigenvalue weighted by Crippen LogP contribution is 2.29. The van der Waals surface area contributed by atoms with E-state index < -0.39 is 5.97 Å². The number of piperidine rings is 1. The molecular weight excluding hydrogens is 248 g/mol. The van der Waals surface area contributed by atoms with Crippen LogP contribution >= 0.6 is 0 Å². The fraction of sp³-hybridized carbons (Fsp3) is 0.846. The molecule has 6 nitrogen and oxygen atoms in total. The molecule has 2 unspecified atom stereocenters. The summed E-state index contributed by atoms with van der Waals surface area (Å²) in [5.74, 6) is -0.226. The fourth-order valence-corrected chi connectivity index (χ4v) is 2.31. The first kappa shape index (κ1) is 14.1. The number of nitrogens with one attached hydrogen (secondary N) is 1. The van der Waals surface area contributed by atoms with E-state index in [0.29, 0.717) is 25.0 Å². The molecule has 0 radical (unpaired) electrons. The van der Waals surface area contributed by atoms with Gasteiger partial charge in [0, 0.05) is 19.1 Å². The van der Waals surface area contributed by atoms with Crippen molar-refractivity contribution >= 4 is 12.0 Å². The topological polar surface area (TPSA) is 78.9 Å². The highest BCUT2D eigenvalue weighted by Gasteiger charge is 2.35. The van der Waals surface area contributed by atoms with E-state index in [1.54, 1.807) is 0 Å². The number of carbonyl (C=O) groups excluding carboxylic acids is 1. The van der Waals surface area contributed by atoms with Crippen molar-refractivity contribution in [3.05, 3.63) is 0 Å². The third kappa shape index (κ3) is 4.38. The number of hydrogen-bond donors (Lipinski definition) is 2. The Balaban J connectivity index is 1.61. The fourth-order valence-electron chi connectivity index (χ4n) is 2.31. The Bertz CT molecular complexity index is 340. The van der Waals surface area contributed by atoms with Gasteiger partial charge >= 0.3 is 12.0 Å². The quantitative estimate of drug-likeness (QED) is 0.783. The zero-order valence-corrected chi connectivity index (χ0v) is 11.3. The van der Waals surface area contributed by atoms with E-state index in [4.69, 9.17) is 9.84 Å². The normalized spacial score (nSPS) is 27.1. The first-order valence-electron chi connectivity index (χ1n) is 6.95. The second kappa shape index (κ2) is 6.23. The van der Waals surface area contributed by atoms with Crippen molar-refractivity contribution in [2.75, 3.05) is 19.7 Å². The van der Waals surface area contributed by atoms with Gasteiger partial charge in [-0.05, 0) is 25.2 Å². The monoisotopic (exact) mass is 270 g/mol. The van der Waals surface area contributed by atoms with Crippen LogP contribution in [0, 0.1) is 5.92 Å². The largest absolute Gasteiger partial charge is 0.481 e. The number of amides is 2.